The predicted molar refractivity (Wildman–Crippen MR) is 111 cm³/mol. The Kier molecular flexibility index (Phi) is 6.79. The number of tetrazole rings is 1. The molecule has 8 heteroatoms. The fraction of sp³-hybridized carbons (Fsp3) is 0.364. The highest BCUT2D eigenvalue weighted by atomic mass is 16.5. The summed E-state index contributed by atoms with van der Waals surface area (Å²) in [6, 6.07) is 17.6. The van der Waals surface area contributed by atoms with E-state index in [-0.39, 0.29) is 5.91 Å². The third-order valence-corrected chi connectivity index (χ3v) is 5.33. The van der Waals surface area contributed by atoms with Crippen LogP contribution >= 0.6 is 0 Å². The van der Waals surface area contributed by atoms with Crippen molar-refractivity contribution in [3.05, 3.63) is 77.6 Å². The van der Waals surface area contributed by atoms with E-state index in [4.69, 9.17) is 4.74 Å². The van der Waals surface area contributed by atoms with E-state index in [9.17, 15) is 4.79 Å². The molecular formula is C22H26N6O2. The molecule has 1 fully saturated rings. The number of hydrogen-bond donors (Lipinski definition) is 1. The Morgan fingerprint density at radius 1 is 1.03 bits per heavy atom. The van der Waals surface area contributed by atoms with Gasteiger partial charge in [0, 0.05) is 32.6 Å². The van der Waals surface area contributed by atoms with Crippen LogP contribution in [0.15, 0.2) is 60.9 Å². The summed E-state index contributed by atoms with van der Waals surface area (Å²) >= 11 is 0. The van der Waals surface area contributed by atoms with Crippen LogP contribution in [-0.2, 0) is 29.0 Å². The Hall–Kier alpha value is -3.10. The second-order valence-electron chi connectivity index (χ2n) is 7.37. The number of carbonyl (C=O) groups excluding carboxylic acids is 1. The van der Waals surface area contributed by atoms with E-state index in [2.05, 4.69) is 37.9 Å². The summed E-state index contributed by atoms with van der Waals surface area (Å²) in [5, 5.41) is 14.4. The highest BCUT2D eigenvalue weighted by molar-refractivity contribution is 5.80. The van der Waals surface area contributed by atoms with Crippen molar-refractivity contribution in [2.24, 2.45) is 0 Å². The maximum Gasteiger partial charge on any atom is 0.245 e. The zero-order valence-corrected chi connectivity index (χ0v) is 16.9. The molecule has 1 aromatic heterocycles. The molecule has 2 aromatic carbocycles. The molecule has 2 heterocycles. The molecule has 1 saturated heterocycles. The molecule has 30 heavy (non-hydrogen) atoms. The van der Waals surface area contributed by atoms with Gasteiger partial charge in [-0.15, -0.1) is 5.10 Å². The molecule has 1 aliphatic heterocycles. The largest absolute Gasteiger partial charge is 0.379 e. The minimum atomic E-state index is -0.506. The van der Waals surface area contributed by atoms with Crippen molar-refractivity contribution >= 4 is 5.91 Å². The van der Waals surface area contributed by atoms with Gasteiger partial charge >= 0.3 is 0 Å². The quantitative estimate of drug-likeness (QED) is 0.612. The van der Waals surface area contributed by atoms with E-state index in [0.717, 1.165) is 44.0 Å². The lowest BCUT2D eigenvalue weighted by molar-refractivity contribution is -0.124. The van der Waals surface area contributed by atoms with Crippen LogP contribution in [0.25, 0.3) is 0 Å². The first-order chi connectivity index (χ1) is 14.8. The normalized spacial score (nSPS) is 15.6. The van der Waals surface area contributed by atoms with Gasteiger partial charge in [-0.25, -0.2) is 4.68 Å². The van der Waals surface area contributed by atoms with Crippen LogP contribution in [0.4, 0.5) is 0 Å². The van der Waals surface area contributed by atoms with E-state index >= 15 is 0 Å². The standard InChI is InChI=1S/C22H26N6O2/c29-22(21(28-17-24-25-26-28)14-18-6-2-1-3-7-18)23-15-19-8-4-5-9-20(19)16-27-10-12-30-13-11-27/h1-9,17,21H,10-16H2,(H,23,29). The minimum Gasteiger partial charge on any atom is -0.379 e. The number of amides is 1. The lowest BCUT2D eigenvalue weighted by Crippen LogP contribution is -2.36. The zero-order chi connectivity index (χ0) is 20.6. The Balaban J connectivity index is 1.43. The van der Waals surface area contributed by atoms with Crippen molar-refractivity contribution in [3.63, 3.8) is 0 Å². The van der Waals surface area contributed by atoms with Gasteiger partial charge in [0.15, 0.2) is 0 Å². The van der Waals surface area contributed by atoms with E-state index in [1.54, 1.807) is 0 Å². The van der Waals surface area contributed by atoms with Gasteiger partial charge in [0.25, 0.3) is 0 Å². The summed E-state index contributed by atoms with van der Waals surface area (Å²) in [6.45, 7) is 4.72. The zero-order valence-electron chi connectivity index (χ0n) is 16.9. The fourth-order valence-electron chi connectivity index (χ4n) is 3.64. The van der Waals surface area contributed by atoms with Gasteiger partial charge in [0.1, 0.15) is 12.4 Å². The molecular weight excluding hydrogens is 380 g/mol. The van der Waals surface area contributed by atoms with Crippen LogP contribution in [-0.4, -0.2) is 57.3 Å². The number of benzene rings is 2. The number of morpholine rings is 1. The number of nitrogens with zero attached hydrogens (tertiary/aromatic N) is 5. The molecule has 156 valence electrons. The van der Waals surface area contributed by atoms with Gasteiger partial charge < -0.3 is 10.1 Å². The first kappa shape index (κ1) is 20.2. The molecule has 1 amide bonds. The number of ether oxygens (including phenoxy) is 1. The van der Waals surface area contributed by atoms with E-state index in [1.807, 2.05) is 42.5 Å². The van der Waals surface area contributed by atoms with Crippen LogP contribution in [0.1, 0.15) is 22.7 Å². The predicted octanol–water partition coefficient (Wildman–Crippen LogP) is 1.61. The highest BCUT2D eigenvalue weighted by Crippen LogP contribution is 2.16. The molecule has 1 aliphatic rings. The number of nitrogens with one attached hydrogen (secondary N) is 1. The summed E-state index contributed by atoms with van der Waals surface area (Å²) in [7, 11) is 0. The average molecular weight is 406 g/mol. The van der Waals surface area contributed by atoms with Gasteiger partial charge in [-0.05, 0) is 27.1 Å². The summed E-state index contributed by atoms with van der Waals surface area (Å²) in [5.41, 5.74) is 3.40. The van der Waals surface area contributed by atoms with Crippen molar-refractivity contribution in [1.29, 1.82) is 0 Å². The molecule has 1 unspecified atom stereocenters. The smallest absolute Gasteiger partial charge is 0.245 e. The molecule has 8 nitrogen and oxygen atoms in total. The van der Waals surface area contributed by atoms with Crippen molar-refractivity contribution < 1.29 is 9.53 Å². The van der Waals surface area contributed by atoms with Crippen molar-refractivity contribution in [2.75, 3.05) is 26.3 Å². The average Bonchev–Trinajstić information content (AvgIpc) is 3.33. The SMILES string of the molecule is O=C(NCc1ccccc1CN1CCOCC1)C(Cc1ccccc1)n1cnnn1. The van der Waals surface area contributed by atoms with Gasteiger partial charge in [0.2, 0.25) is 5.91 Å². The molecule has 1 N–H and O–H groups in total. The molecule has 0 radical (unpaired) electrons. The molecule has 4 rings (SSSR count). The Labute approximate surface area is 175 Å². The Bertz CT molecular complexity index is 926. The second-order valence-corrected chi connectivity index (χ2v) is 7.37. The minimum absolute atomic E-state index is 0.104. The van der Waals surface area contributed by atoms with Gasteiger partial charge in [-0.3, -0.25) is 9.69 Å². The number of aromatic nitrogens is 4. The van der Waals surface area contributed by atoms with Crippen molar-refractivity contribution in [3.8, 4) is 0 Å². The van der Waals surface area contributed by atoms with E-state index in [1.165, 1.54) is 16.6 Å². The number of hydrogen-bond acceptors (Lipinski definition) is 6. The van der Waals surface area contributed by atoms with Crippen LogP contribution in [0, 0.1) is 0 Å². The Morgan fingerprint density at radius 3 is 2.50 bits per heavy atom. The van der Waals surface area contributed by atoms with Gasteiger partial charge in [-0.2, -0.15) is 0 Å². The van der Waals surface area contributed by atoms with E-state index in [0.29, 0.717) is 13.0 Å². The van der Waals surface area contributed by atoms with Gasteiger partial charge in [0.05, 0.1) is 13.2 Å². The molecule has 1 atom stereocenters. The third kappa shape index (κ3) is 5.28. The maximum absolute atomic E-state index is 13.1. The lowest BCUT2D eigenvalue weighted by atomic mass is 10.0. The topological polar surface area (TPSA) is 85.2 Å². The molecule has 0 spiro atoms. The monoisotopic (exact) mass is 406 g/mol. The lowest BCUT2D eigenvalue weighted by Gasteiger charge is -2.27. The molecule has 0 saturated carbocycles. The maximum atomic E-state index is 13.1. The van der Waals surface area contributed by atoms with E-state index < -0.39 is 6.04 Å². The third-order valence-electron chi connectivity index (χ3n) is 5.33. The molecule has 3 aromatic rings. The molecule has 0 aliphatic carbocycles. The van der Waals surface area contributed by atoms with Crippen LogP contribution in [0.2, 0.25) is 0 Å². The highest BCUT2D eigenvalue weighted by Gasteiger charge is 2.22. The number of carbonyl (C=O) groups is 1. The van der Waals surface area contributed by atoms with Crippen LogP contribution in [0.3, 0.4) is 0 Å². The van der Waals surface area contributed by atoms with Crippen LogP contribution in [0.5, 0.6) is 0 Å². The summed E-state index contributed by atoms with van der Waals surface area (Å²) < 4.78 is 6.96. The second kappa shape index (κ2) is 10.1. The van der Waals surface area contributed by atoms with Gasteiger partial charge in [-0.1, -0.05) is 54.6 Å². The van der Waals surface area contributed by atoms with Crippen LogP contribution < -0.4 is 5.32 Å². The van der Waals surface area contributed by atoms with Crippen molar-refractivity contribution in [1.82, 2.24) is 30.4 Å². The molecule has 0 bridgehead atoms. The number of rotatable bonds is 8. The summed E-state index contributed by atoms with van der Waals surface area (Å²) in [4.78, 5) is 15.4. The van der Waals surface area contributed by atoms with Crippen molar-refractivity contribution in [2.45, 2.75) is 25.6 Å². The fourth-order valence-corrected chi connectivity index (χ4v) is 3.64. The summed E-state index contributed by atoms with van der Waals surface area (Å²) in [6.07, 6.45) is 2.01. The first-order valence-electron chi connectivity index (χ1n) is 10.2. The summed E-state index contributed by atoms with van der Waals surface area (Å²) in [5.74, 6) is -0.104. The first-order valence-corrected chi connectivity index (χ1v) is 10.2. The Morgan fingerprint density at radius 2 is 1.77 bits per heavy atom.